The first-order valence-corrected chi connectivity index (χ1v) is 7.94. The second-order valence-corrected chi connectivity index (χ2v) is 7.01. The standard InChI is InChI=1S/C17H26O6/c1-7-9-18-17(8-2)12(11-10-19-15(3,4)21-11)20-14-13(17)22-16(5,6)23-14/h7-8,11-14H,1-2,9-10H2,3-6H3/t11-,12-,13+,14-,17-/m1/s1. The highest BCUT2D eigenvalue weighted by molar-refractivity contribution is 5.18. The number of hydrogen-bond donors (Lipinski definition) is 0. The highest BCUT2D eigenvalue weighted by Gasteiger charge is 2.66. The van der Waals surface area contributed by atoms with Crippen molar-refractivity contribution in [2.45, 2.75) is 69.5 Å². The van der Waals surface area contributed by atoms with Gasteiger partial charge in [-0.1, -0.05) is 12.2 Å². The van der Waals surface area contributed by atoms with Crippen molar-refractivity contribution in [1.29, 1.82) is 0 Å². The maximum Gasteiger partial charge on any atom is 0.191 e. The number of fused-ring (bicyclic) bond motifs is 1. The topological polar surface area (TPSA) is 55.4 Å². The SMILES string of the molecule is C=CCO[C@]1(C=C)[C@@H]([C@H]2COC(C)(C)O2)O[C@@H]2OC(C)(C)O[C@@H]21. The summed E-state index contributed by atoms with van der Waals surface area (Å²) in [5.74, 6) is -1.39. The predicted octanol–water partition coefficient (Wildman–Crippen LogP) is 2.14. The van der Waals surface area contributed by atoms with Gasteiger partial charge in [0.1, 0.15) is 23.9 Å². The Morgan fingerprint density at radius 2 is 1.78 bits per heavy atom. The third-order valence-corrected chi connectivity index (χ3v) is 4.37. The molecular weight excluding hydrogens is 300 g/mol. The molecule has 0 bridgehead atoms. The van der Waals surface area contributed by atoms with Gasteiger partial charge >= 0.3 is 0 Å². The van der Waals surface area contributed by atoms with E-state index in [1.54, 1.807) is 12.2 Å². The van der Waals surface area contributed by atoms with E-state index in [9.17, 15) is 0 Å². The van der Waals surface area contributed by atoms with Crippen molar-refractivity contribution in [1.82, 2.24) is 0 Å². The molecule has 3 saturated heterocycles. The highest BCUT2D eigenvalue weighted by Crippen LogP contribution is 2.48. The van der Waals surface area contributed by atoms with E-state index in [2.05, 4.69) is 13.2 Å². The molecule has 130 valence electrons. The van der Waals surface area contributed by atoms with Gasteiger partial charge in [0.15, 0.2) is 17.9 Å². The van der Waals surface area contributed by atoms with Crippen molar-refractivity contribution < 1.29 is 28.4 Å². The van der Waals surface area contributed by atoms with Crippen molar-refractivity contribution in [2.75, 3.05) is 13.2 Å². The minimum atomic E-state index is -0.888. The van der Waals surface area contributed by atoms with Gasteiger partial charge in [-0.05, 0) is 27.7 Å². The van der Waals surface area contributed by atoms with Crippen LogP contribution in [0.1, 0.15) is 27.7 Å². The van der Waals surface area contributed by atoms with E-state index in [1.807, 2.05) is 27.7 Å². The Morgan fingerprint density at radius 3 is 2.35 bits per heavy atom. The highest BCUT2D eigenvalue weighted by atomic mass is 16.9. The van der Waals surface area contributed by atoms with Crippen molar-refractivity contribution in [3.63, 3.8) is 0 Å². The van der Waals surface area contributed by atoms with E-state index in [0.717, 1.165) is 0 Å². The molecule has 0 radical (unpaired) electrons. The molecule has 0 unspecified atom stereocenters. The Balaban J connectivity index is 1.89. The molecule has 5 atom stereocenters. The molecule has 3 fully saturated rings. The van der Waals surface area contributed by atoms with Gasteiger partial charge in [-0.3, -0.25) is 0 Å². The first-order valence-electron chi connectivity index (χ1n) is 7.94. The zero-order chi connectivity index (χ0) is 16.9. The van der Waals surface area contributed by atoms with Gasteiger partial charge < -0.3 is 28.4 Å². The summed E-state index contributed by atoms with van der Waals surface area (Å²) < 4.78 is 35.8. The van der Waals surface area contributed by atoms with E-state index in [0.29, 0.717) is 13.2 Å². The Labute approximate surface area is 137 Å². The minimum absolute atomic E-state index is 0.297. The monoisotopic (exact) mass is 326 g/mol. The Morgan fingerprint density at radius 1 is 1.04 bits per heavy atom. The molecule has 0 aromatic carbocycles. The Kier molecular flexibility index (Phi) is 4.20. The lowest BCUT2D eigenvalue weighted by Gasteiger charge is -2.37. The van der Waals surface area contributed by atoms with Gasteiger partial charge in [0.05, 0.1) is 13.2 Å². The lowest BCUT2D eigenvalue weighted by molar-refractivity contribution is -0.246. The summed E-state index contributed by atoms with van der Waals surface area (Å²) in [6, 6.07) is 0. The summed E-state index contributed by atoms with van der Waals surface area (Å²) >= 11 is 0. The van der Waals surface area contributed by atoms with Crippen LogP contribution in [-0.2, 0) is 28.4 Å². The smallest absolute Gasteiger partial charge is 0.191 e. The Hall–Kier alpha value is -0.760. The zero-order valence-corrected chi connectivity index (χ0v) is 14.2. The third kappa shape index (κ3) is 2.88. The fourth-order valence-corrected chi connectivity index (χ4v) is 3.45. The average Bonchev–Trinajstić information content (AvgIpc) is 3.05. The van der Waals surface area contributed by atoms with Crippen molar-refractivity contribution >= 4 is 0 Å². The van der Waals surface area contributed by atoms with Gasteiger partial charge in [0, 0.05) is 0 Å². The van der Waals surface area contributed by atoms with Crippen molar-refractivity contribution in [2.24, 2.45) is 0 Å². The zero-order valence-electron chi connectivity index (χ0n) is 14.2. The molecular formula is C17H26O6. The average molecular weight is 326 g/mol. The van der Waals surface area contributed by atoms with E-state index < -0.39 is 35.7 Å². The van der Waals surface area contributed by atoms with Crippen LogP contribution in [0.3, 0.4) is 0 Å². The Bertz CT molecular complexity index is 487. The van der Waals surface area contributed by atoms with Crippen LogP contribution in [0.4, 0.5) is 0 Å². The molecule has 3 rings (SSSR count). The second kappa shape index (κ2) is 5.65. The van der Waals surface area contributed by atoms with Crippen LogP contribution >= 0.6 is 0 Å². The second-order valence-electron chi connectivity index (χ2n) is 7.01. The molecule has 0 saturated carbocycles. The van der Waals surface area contributed by atoms with Gasteiger partial charge in [0.25, 0.3) is 0 Å². The molecule has 6 nitrogen and oxygen atoms in total. The summed E-state index contributed by atoms with van der Waals surface area (Å²) in [5.41, 5.74) is -0.888. The van der Waals surface area contributed by atoms with Crippen LogP contribution in [0.25, 0.3) is 0 Å². The molecule has 0 spiro atoms. The largest absolute Gasteiger partial charge is 0.361 e. The third-order valence-electron chi connectivity index (χ3n) is 4.37. The minimum Gasteiger partial charge on any atom is -0.361 e. The molecule has 23 heavy (non-hydrogen) atoms. The fourth-order valence-electron chi connectivity index (χ4n) is 3.45. The van der Waals surface area contributed by atoms with Crippen LogP contribution in [0.2, 0.25) is 0 Å². The van der Waals surface area contributed by atoms with Crippen LogP contribution in [0.15, 0.2) is 25.3 Å². The lowest BCUT2D eigenvalue weighted by Crippen LogP contribution is -2.54. The number of ether oxygens (including phenoxy) is 6. The van der Waals surface area contributed by atoms with Crippen molar-refractivity contribution in [3.8, 4) is 0 Å². The summed E-state index contributed by atoms with van der Waals surface area (Å²) in [5, 5.41) is 0. The van der Waals surface area contributed by atoms with Crippen LogP contribution < -0.4 is 0 Å². The molecule has 0 aromatic heterocycles. The van der Waals surface area contributed by atoms with Crippen LogP contribution in [-0.4, -0.2) is 55.0 Å². The van der Waals surface area contributed by atoms with Gasteiger partial charge in [0.2, 0.25) is 0 Å². The molecule has 3 aliphatic heterocycles. The molecule has 0 N–H and O–H groups in total. The van der Waals surface area contributed by atoms with E-state index in [-0.39, 0.29) is 6.10 Å². The first-order chi connectivity index (χ1) is 10.7. The summed E-state index contributed by atoms with van der Waals surface area (Å²) in [7, 11) is 0. The molecule has 3 aliphatic rings. The summed E-state index contributed by atoms with van der Waals surface area (Å²) in [6.07, 6.45) is 1.72. The molecule has 3 heterocycles. The lowest BCUT2D eigenvalue weighted by atomic mass is 9.89. The molecule has 0 amide bonds. The van der Waals surface area contributed by atoms with Gasteiger partial charge in [-0.15, -0.1) is 13.2 Å². The number of hydrogen-bond acceptors (Lipinski definition) is 6. The molecule has 6 heteroatoms. The quantitative estimate of drug-likeness (QED) is 0.722. The molecule has 0 aromatic rings. The van der Waals surface area contributed by atoms with Gasteiger partial charge in [-0.25, -0.2) is 0 Å². The van der Waals surface area contributed by atoms with Crippen molar-refractivity contribution in [3.05, 3.63) is 25.3 Å². The maximum absolute atomic E-state index is 6.12. The van der Waals surface area contributed by atoms with E-state index in [4.69, 9.17) is 28.4 Å². The van der Waals surface area contributed by atoms with Gasteiger partial charge in [-0.2, -0.15) is 0 Å². The van der Waals surface area contributed by atoms with E-state index in [1.165, 1.54) is 0 Å². The normalized spacial score (nSPS) is 44.2. The van der Waals surface area contributed by atoms with Crippen LogP contribution in [0, 0.1) is 0 Å². The maximum atomic E-state index is 6.12. The summed E-state index contributed by atoms with van der Waals surface area (Å²) in [6.45, 7) is 15.9. The van der Waals surface area contributed by atoms with E-state index >= 15 is 0 Å². The van der Waals surface area contributed by atoms with Crippen LogP contribution in [0.5, 0.6) is 0 Å². The predicted molar refractivity (Wildman–Crippen MR) is 82.7 cm³/mol. The number of rotatable bonds is 5. The molecule has 0 aliphatic carbocycles. The first kappa shape index (κ1) is 17.1. The summed E-state index contributed by atoms with van der Waals surface area (Å²) in [4.78, 5) is 0. The fraction of sp³-hybridized carbons (Fsp3) is 0.765.